The van der Waals surface area contributed by atoms with Crippen molar-refractivity contribution in [3.05, 3.63) is 37.7 Å². The third kappa shape index (κ3) is 2.99. The summed E-state index contributed by atoms with van der Waals surface area (Å²) in [7, 11) is 0. The van der Waals surface area contributed by atoms with Crippen LogP contribution in [-0.4, -0.2) is 15.6 Å². The molecule has 0 atom stereocenters. The van der Waals surface area contributed by atoms with Crippen LogP contribution < -0.4 is 0 Å². The van der Waals surface area contributed by atoms with Crippen molar-refractivity contribution in [2.45, 2.75) is 52.0 Å². The molecule has 2 aromatic heterocycles. The van der Waals surface area contributed by atoms with Crippen LogP contribution in [0.5, 0.6) is 0 Å². The molecule has 0 radical (unpaired) electrons. The Morgan fingerprint density at radius 1 is 1.38 bits per heavy atom. The van der Waals surface area contributed by atoms with E-state index in [0.29, 0.717) is 5.69 Å². The van der Waals surface area contributed by atoms with E-state index >= 15 is 0 Å². The third-order valence-electron chi connectivity index (χ3n) is 3.92. The van der Waals surface area contributed by atoms with E-state index in [9.17, 15) is 4.79 Å². The van der Waals surface area contributed by atoms with Gasteiger partial charge < -0.3 is 0 Å². The lowest BCUT2D eigenvalue weighted by Crippen LogP contribution is -2.11. The number of halogens is 1. The molecule has 5 heteroatoms. The highest BCUT2D eigenvalue weighted by molar-refractivity contribution is 9.10. The molecule has 3 rings (SSSR count). The van der Waals surface area contributed by atoms with Gasteiger partial charge in [-0.05, 0) is 59.7 Å². The molecule has 0 spiro atoms. The number of nitrogens with zero attached hydrogens (tertiary/aromatic N) is 2. The Kier molecular flexibility index (Phi) is 4.60. The van der Waals surface area contributed by atoms with Crippen LogP contribution in [0, 0.1) is 0 Å². The second-order valence-electron chi connectivity index (χ2n) is 5.51. The Bertz CT molecular complexity index is 636. The topological polar surface area (TPSA) is 34.9 Å². The number of hydrogen-bond acceptors (Lipinski definition) is 3. The number of carbonyl (C=O) groups excluding carboxylic acids is 1. The van der Waals surface area contributed by atoms with Gasteiger partial charge in [0.15, 0.2) is 0 Å². The van der Waals surface area contributed by atoms with Gasteiger partial charge in [-0.15, -0.1) is 11.3 Å². The van der Waals surface area contributed by atoms with Crippen LogP contribution in [0.1, 0.15) is 58.4 Å². The zero-order chi connectivity index (χ0) is 14.8. The summed E-state index contributed by atoms with van der Waals surface area (Å²) in [6.45, 7) is 2.87. The minimum atomic E-state index is 0.103. The average molecular weight is 367 g/mol. The fourth-order valence-electron chi connectivity index (χ4n) is 2.87. The van der Waals surface area contributed by atoms with E-state index in [1.165, 1.54) is 29.7 Å². The van der Waals surface area contributed by atoms with Crippen molar-refractivity contribution in [3.63, 3.8) is 0 Å². The van der Waals surface area contributed by atoms with Gasteiger partial charge in [0.2, 0.25) is 5.78 Å². The Morgan fingerprint density at radius 2 is 2.19 bits per heavy atom. The smallest absolute Gasteiger partial charge is 0.222 e. The van der Waals surface area contributed by atoms with Gasteiger partial charge in [-0.25, -0.2) is 0 Å². The third-order valence-corrected chi connectivity index (χ3v) is 5.73. The van der Waals surface area contributed by atoms with Crippen molar-refractivity contribution in [1.82, 2.24) is 9.78 Å². The predicted molar refractivity (Wildman–Crippen MR) is 89.2 cm³/mol. The van der Waals surface area contributed by atoms with Crippen LogP contribution in [0.15, 0.2) is 16.7 Å². The van der Waals surface area contributed by atoms with Crippen molar-refractivity contribution >= 4 is 33.0 Å². The first kappa shape index (κ1) is 15.0. The van der Waals surface area contributed by atoms with Gasteiger partial charge in [-0.3, -0.25) is 9.48 Å². The minimum absolute atomic E-state index is 0.103. The number of hydrogen-bond donors (Lipinski definition) is 0. The molecule has 0 saturated carbocycles. The highest BCUT2D eigenvalue weighted by Gasteiger charge is 2.22. The summed E-state index contributed by atoms with van der Waals surface area (Å²) in [5, 5.41) is 4.30. The van der Waals surface area contributed by atoms with Gasteiger partial charge in [0.25, 0.3) is 0 Å². The summed E-state index contributed by atoms with van der Waals surface area (Å²) in [5.74, 6) is 0.103. The van der Waals surface area contributed by atoms with Gasteiger partial charge in [0.05, 0.1) is 15.5 Å². The van der Waals surface area contributed by atoms with Crippen molar-refractivity contribution in [3.8, 4) is 0 Å². The molecular formula is C16H19BrN2OS. The molecule has 0 aromatic carbocycles. The summed E-state index contributed by atoms with van der Waals surface area (Å²) in [5.41, 5.74) is 2.08. The fraction of sp³-hybridized carbons (Fsp3) is 0.500. The second kappa shape index (κ2) is 6.44. The molecule has 2 heterocycles. The first-order chi connectivity index (χ1) is 10.2. The standard InChI is InChI=1S/C16H19BrN2OS/c1-2-8-19-15(12(17)10-18-19)16(20)14-9-11-6-4-3-5-7-13(11)21-14/h9-10H,2-8H2,1H3. The Morgan fingerprint density at radius 3 is 3.00 bits per heavy atom. The number of fused-ring (bicyclic) bond motifs is 1. The van der Waals surface area contributed by atoms with Crippen molar-refractivity contribution in [1.29, 1.82) is 0 Å². The minimum Gasteiger partial charge on any atom is -0.286 e. The molecule has 3 nitrogen and oxygen atoms in total. The zero-order valence-corrected chi connectivity index (χ0v) is 14.6. The Hall–Kier alpha value is -0.940. The van der Waals surface area contributed by atoms with Crippen LogP contribution in [0.25, 0.3) is 0 Å². The maximum Gasteiger partial charge on any atom is 0.222 e. The summed E-state index contributed by atoms with van der Waals surface area (Å²) in [4.78, 5) is 15.1. The summed E-state index contributed by atoms with van der Waals surface area (Å²) in [6.07, 6.45) is 8.74. The molecular weight excluding hydrogens is 348 g/mol. The quantitative estimate of drug-likeness (QED) is 0.584. The molecule has 0 aliphatic heterocycles. The molecule has 0 bridgehead atoms. The van der Waals surface area contributed by atoms with E-state index in [1.807, 2.05) is 4.68 Å². The Balaban J connectivity index is 1.94. The molecule has 0 fully saturated rings. The van der Waals surface area contributed by atoms with E-state index in [4.69, 9.17) is 0 Å². The summed E-state index contributed by atoms with van der Waals surface area (Å²) < 4.78 is 2.61. The first-order valence-corrected chi connectivity index (χ1v) is 9.19. The SMILES string of the molecule is CCCn1ncc(Br)c1C(=O)c1cc2c(s1)CCCCC2. The first-order valence-electron chi connectivity index (χ1n) is 7.58. The summed E-state index contributed by atoms with van der Waals surface area (Å²) in [6, 6.07) is 2.11. The van der Waals surface area contributed by atoms with E-state index in [0.717, 1.165) is 35.2 Å². The van der Waals surface area contributed by atoms with E-state index in [-0.39, 0.29) is 5.78 Å². The highest BCUT2D eigenvalue weighted by Crippen LogP contribution is 2.31. The number of ketones is 1. The number of thiophene rings is 1. The second-order valence-corrected chi connectivity index (χ2v) is 7.50. The molecule has 0 saturated heterocycles. The van der Waals surface area contributed by atoms with Crippen LogP contribution in [-0.2, 0) is 19.4 Å². The van der Waals surface area contributed by atoms with Crippen LogP contribution in [0.2, 0.25) is 0 Å². The van der Waals surface area contributed by atoms with E-state index in [2.05, 4.69) is 34.0 Å². The van der Waals surface area contributed by atoms with Gasteiger partial charge in [0, 0.05) is 11.4 Å². The molecule has 1 aliphatic rings. The van der Waals surface area contributed by atoms with E-state index in [1.54, 1.807) is 17.5 Å². The highest BCUT2D eigenvalue weighted by atomic mass is 79.9. The van der Waals surface area contributed by atoms with Crippen LogP contribution in [0.4, 0.5) is 0 Å². The molecule has 0 amide bonds. The van der Waals surface area contributed by atoms with E-state index < -0.39 is 0 Å². The van der Waals surface area contributed by atoms with Gasteiger partial charge >= 0.3 is 0 Å². The zero-order valence-electron chi connectivity index (χ0n) is 12.2. The van der Waals surface area contributed by atoms with Crippen LogP contribution in [0.3, 0.4) is 0 Å². The molecule has 0 N–H and O–H groups in total. The van der Waals surface area contributed by atoms with Crippen molar-refractivity contribution < 1.29 is 4.79 Å². The molecule has 0 unspecified atom stereocenters. The maximum absolute atomic E-state index is 12.8. The number of carbonyl (C=O) groups is 1. The predicted octanol–water partition coefficient (Wildman–Crippen LogP) is 4.62. The van der Waals surface area contributed by atoms with Crippen molar-refractivity contribution in [2.75, 3.05) is 0 Å². The number of rotatable bonds is 4. The van der Waals surface area contributed by atoms with Gasteiger partial charge in [0.1, 0.15) is 5.69 Å². The van der Waals surface area contributed by atoms with Gasteiger partial charge in [-0.2, -0.15) is 5.10 Å². The molecule has 1 aliphatic carbocycles. The molecule has 112 valence electrons. The number of aromatic nitrogens is 2. The number of aryl methyl sites for hydroxylation is 3. The lowest BCUT2D eigenvalue weighted by Gasteiger charge is -2.04. The molecule has 21 heavy (non-hydrogen) atoms. The molecule has 2 aromatic rings. The normalized spacial score (nSPS) is 14.8. The lowest BCUT2D eigenvalue weighted by atomic mass is 10.1. The maximum atomic E-state index is 12.8. The van der Waals surface area contributed by atoms with Crippen LogP contribution >= 0.6 is 27.3 Å². The van der Waals surface area contributed by atoms with Crippen molar-refractivity contribution in [2.24, 2.45) is 0 Å². The fourth-order valence-corrected chi connectivity index (χ4v) is 4.54. The largest absolute Gasteiger partial charge is 0.286 e. The van der Waals surface area contributed by atoms with Gasteiger partial charge in [-0.1, -0.05) is 13.3 Å². The average Bonchev–Trinajstić information content (AvgIpc) is 2.97. The monoisotopic (exact) mass is 366 g/mol. The Labute approximate surface area is 137 Å². The lowest BCUT2D eigenvalue weighted by molar-refractivity contribution is 0.103. The summed E-state index contributed by atoms with van der Waals surface area (Å²) >= 11 is 5.15.